The molecule has 3 aromatic carbocycles. The van der Waals surface area contributed by atoms with Gasteiger partial charge < -0.3 is 4.74 Å². The Kier molecular flexibility index (Phi) is 9.12. The fraction of sp³-hybridized carbons (Fsp3) is 0.438. The second kappa shape index (κ2) is 12.5. The molecule has 0 unspecified atom stereocenters. The van der Waals surface area contributed by atoms with Crippen LogP contribution >= 0.6 is 0 Å². The number of aryl methyl sites for hydroxylation is 2. The Hall–Kier alpha value is -2.75. The molecule has 0 radical (unpaired) electrons. The summed E-state index contributed by atoms with van der Waals surface area (Å²) in [5, 5.41) is 0. The lowest BCUT2D eigenvalue weighted by molar-refractivity contribution is 0.297. The van der Waals surface area contributed by atoms with Crippen LogP contribution in [-0.2, 0) is 12.8 Å². The molecule has 4 heteroatoms. The van der Waals surface area contributed by atoms with Crippen LogP contribution in [0.25, 0.3) is 11.1 Å². The van der Waals surface area contributed by atoms with Crippen molar-refractivity contribution in [3.63, 3.8) is 0 Å². The predicted molar refractivity (Wildman–Crippen MR) is 141 cm³/mol. The monoisotopic (exact) mass is 494 g/mol. The number of benzene rings is 3. The summed E-state index contributed by atoms with van der Waals surface area (Å²) in [6, 6.07) is 16.2. The number of ether oxygens (including phenoxy) is 1. The lowest BCUT2D eigenvalue weighted by atomic mass is 9.76. The van der Waals surface area contributed by atoms with Crippen LogP contribution in [0.15, 0.2) is 54.6 Å². The van der Waals surface area contributed by atoms with Gasteiger partial charge in [0.25, 0.3) is 0 Å². The minimum Gasteiger partial charge on any atom is -0.494 e. The predicted octanol–water partition coefficient (Wildman–Crippen LogP) is 9.42. The first-order valence-electron chi connectivity index (χ1n) is 13.4. The van der Waals surface area contributed by atoms with E-state index in [1.165, 1.54) is 38.9 Å². The smallest absolute Gasteiger partial charge is 0.165 e. The van der Waals surface area contributed by atoms with Crippen molar-refractivity contribution in [2.24, 2.45) is 5.92 Å². The van der Waals surface area contributed by atoms with Gasteiger partial charge in [-0.15, -0.1) is 0 Å². The van der Waals surface area contributed by atoms with Crippen LogP contribution in [0.4, 0.5) is 13.2 Å². The van der Waals surface area contributed by atoms with Crippen molar-refractivity contribution < 1.29 is 17.9 Å². The first kappa shape index (κ1) is 26.3. The number of halogens is 3. The molecule has 0 amide bonds. The molecule has 0 heterocycles. The Morgan fingerprint density at radius 3 is 2.17 bits per heavy atom. The van der Waals surface area contributed by atoms with Crippen LogP contribution < -0.4 is 4.74 Å². The van der Waals surface area contributed by atoms with Gasteiger partial charge in [-0.05, 0) is 90.3 Å². The average Bonchev–Trinajstić information content (AvgIpc) is 2.90. The summed E-state index contributed by atoms with van der Waals surface area (Å²) in [5.74, 6) is -0.658. The van der Waals surface area contributed by atoms with Gasteiger partial charge in [0.05, 0.1) is 7.11 Å². The van der Waals surface area contributed by atoms with Gasteiger partial charge in [0, 0.05) is 0 Å². The Balaban J connectivity index is 1.35. The lowest BCUT2D eigenvalue weighted by Gasteiger charge is -2.29. The molecule has 4 rings (SSSR count). The number of hydrogen-bond donors (Lipinski definition) is 0. The Morgan fingerprint density at radius 2 is 1.50 bits per heavy atom. The summed E-state index contributed by atoms with van der Waals surface area (Å²) in [6.45, 7) is 2.22. The van der Waals surface area contributed by atoms with E-state index in [2.05, 4.69) is 6.92 Å². The molecule has 0 N–H and O–H groups in total. The maximum atomic E-state index is 15.0. The maximum absolute atomic E-state index is 15.0. The summed E-state index contributed by atoms with van der Waals surface area (Å²) in [4.78, 5) is 0. The third kappa shape index (κ3) is 6.32. The minimum absolute atomic E-state index is 0.131. The van der Waals surface area contributed by atoms with E-state index in [1.54, 1.807) is 12.1 Å². The Morgan fingerprint density at radius 1 is 0.778 bits per heavy atom. The van der Waals surface area contributed by atoms with Gasteiger partial charge in [0.1, 0.15) is 0 Å². The maximum Gasteiger partial charge on any atom is 0.165 e. The van der Waals surface area contributed by atoms with Crippen LogP contribution in [0.2, 0.25) is 0 Å². The van der Waals surface area contributed by atoms with E-state index in [0.29, 0.717) is 24.0 Å². The van der Waals surface area contributed by atoms with Gasteiger partial charge >= 0.3 is 0 Å². The molecule has 0 atom stereocenters. The van der Waals surface area contributed by atoms with Crippen LogP contribution in [0, 0.1) is 23.4 Å². The highest BCUT2D eigenvalue weighted by Crippen LogP contribution is 2.39. The van der Waals surface area contributed by atoms with E-state index in [-0.39, 0.29) is 11.7 Å². The van der Waals surface area contributed by atoms with Crippen molar-refractivity contribution in [2.75, 3.05) is 7.11 Å². The number of unbranched alkanes of at least 4 members (excludes halogenated alkanes) is 2. The van der Waals surface area contributed by atoms with Gasteiger partial charge in [-0.2, -0.15) is 0 Å². The van der Waals surface area contributed by atoms with Crippen LogP contribution in [-0.4, -0.2) is 7.11 Å². The molecular weight excluding hydrogens is 457 g/mol. The van der Waals surface area contributed by atoms with Crippen LogP contribution in [0.1, 0.15) is 80.9 Å². The Bertz CT molecular complexity index is 1130. The fourth-order valence-corrected chi connectivity index (χ4v) is 5.55. The van der Waals surface area contributed by atoms with Gasteiger partial charge in [-0.1, -0.05) is 75.1 Å². The highest BCUT2D eigenvalue weighted by Gasteiger charge is 2.26. The third-order valence-corrected chi connectivity index (χ3v) is 7.82. The van der Waals surface area contributed by atoms with Crippen molar-refractivity contribution >= 4 is 0 Å². The second-order valence-electron chi connectivity index (χ2n) is 10.2. The number of rotatable bonds is 10. The van der Waals surface area contributed by atoms with E-state index in [4.69, 9.17) is 4.74 Å². The van der Waals surface area contributed by atoms with Crippen molar-refractivity contribution in [1.29, 1.82) is 0 Å². The van der Waals surface area contributed by atoms with E-state index >= 15 is 4.39 Å². The summed E-state index contributed by atoms with van der Waals surface area (Å²) in [6.07, 6.45) is 10.3. The number of methoxy groups -OCH3 is 1. The fourth-order valence-electron chi connectivity index (χ4n) is 5.55. The minimum atomic E-state index is -0.692. The first-order valence-corrected chi connectivity index (χ1v) is 13.4. The van der Waals surface area contributed by atoms with E-state index < -0.39 is 17.5 Å². The molecule has 1 saturated carbocycles. The van der Waals surface area contributed by atoms with Crippen molar-refractivity contribution in [1.82, 2.24) is 0 Å². The topological polar surface area (TPSA) is 9.23 Å². The first-order chi connectivity index (χ1) is 17.5. The third-order valence-electron chi connectivity index (χ3n) is 7.82. The quantitative estimate of drug-likeness (QED) is 0.255. The van der Waals surface area contributed by atoms with E-state index in [9.17, 15) is 8.78 Å². The molecule has 1 aliphatic carbocycles. The summed E-state index contributed by atoms with van der Waals surface area (Å²) < 4.78 is 49.0. The molecule has 3 aromatic rings. The molecule has 0 bridgehead atoms. The highest BCUT2D eigenvalue weighted by atomic mass is 19.2. The van der Waals surface area contributed by atoms with E-state index in [0.717, 1.165) is 48.3 Å². The van der Waals surface area contributed by atoms with Crippen LogP contribution in [0.3, 0.4) is 0 Å². The van der Waals surface area contributed by atoms with Crippen molar-refractivity contribution in [3.05, 3.63) is 88.7 Å². The molecule has 1 aliphatic rings. The molecule has 0 saturated heterocycles. The molecule has 0 aromatic heterocycles. The summed E-state index contributed by atoms with van der Waals surface area (Å²) in [7, 11) is 1.44. The average molecular weight is 495 g/mol. The lowest BCUT2D eigenvalue weighted by Crippen LogP contribution is -2.15. The zero-order valence-corrected chi connectivity index (χ0v) is 21.5. The summed E-state index contributed by atoms with van der Waals surface area (Å²) >= 11 is 0. The van der Waals surface area contributed by atoms with E-state index in [1.807, 2.05) is 36.4 Å². The second-order valence-corrected chi connectivity index (χ2v) is 10.2. The van der Waals surface area contributed by atoms with Gasteiger partial charge in [0.15, 0.2) is 23.2 Å². The molecule has 36 heavy (non-hydrogen) atoms. The zero-order valence-electron chi connectivity index (χ0n) is 21.5. The standard InChI is InChI=1S/C32H37F3O/c1-3-4-5-6-22-9-14-25(15-10-22)28-19-17-26(31(34)32(28)35)16-11-23-7-12-24(13-8-23)27-18-20-30(36-2)29(33)21-27/h7-8,12-13,17-22,25H,3-6,9-11,14-16H2,1-2H3. The highest BCUT2D eigenvalue weighted by molar-refractivity contribution is 5.64. The molecule has 192 valence electrons. The van der Waals surface area contributed by atoms with Gasteiger partial charge in [-0.3, -0.25) is 0 Å². The number of hydrogen-bond acceptors (Lipinski definition) is 1. The summed E-state index contributed by atoms with van der Waals surface area (Å²) in [5.41, 5.74) is 3.66. The van der Waals surface area contributed by atoms with Crippen LogP contribution in [0.5, 0.6) is 5.75 Å². The molecule has 0 aliphatic heterocycles. The Labute approximate surface area is 213 Å². The molecule has 1 fully saturated rings. The molecule has 1 nitrogen and oxygen atoms in total. The normalized spacial score (nSPS) is 17.8. The zero-order chi connectivity index (χ0) is 25.5. The molecule has 0 spiro atoms. The molecular formula is C32H37F3O. The van der Waals surface area contributed by atoms with Crippen molar-refractivity contribution in [3.8, 4) is 16.9 Å². The largest absolute Gasteiger partial charge is 0.494 e. The van der Waals surface area contributed by atoms with Gasteiger partial charge in [-0.25, -0.2) is 13.2 Å². The van der Waals surface area contributed by atoms with Crippen molar-refractivity contribution in [2.45, 2.75) is 77.0 Å². The SMILES string of the molecule is CCCCCC1CCC(c2ccc(CCc3ccc(-c4ccc(OC)c(F)c4)cc3)c(F)c2F)CC1. The van der Waals surface area contributed by atoms with Gasteiger partial charge in [0.2, 0.25) is 0 Å².